The summed E-state index contributed by atoms with van der Waals surface area (Å²) in [6.07, 6.45) is 5.92. The quantitative estimate of drug-likeness (QED) is 0.740. The summed E-state index contributed by atoms with van der Waals surface area (Å²) in [5.41, 5.74) is 0. The van der Waals surface area contributed by atoms with E-state index >= 15 is 0 Å². The zero-order valence-electron chi connectivity index (χ0n) is 10.9. The van der Waals surface area contributed by atoms with Crippen LogP contribution in [0.25, 0.3) is 0 Å². The van der Waals surface area contributed by atoms with E-state index in [2.05, 4.69) is 11.4 Å². The topological polar surface area (TPSA) is 56.1 Å². The molecule has 1 saturated carbocycles. The summed E-state index contributed by atoms with van der Waals surface area (Å²) in [5.74, 6) is 0.0639. The zero-order valence-corrected chi connectivity index (χ0v) is 10.9. The normalized spacial score (nSPS) is 18.7. The van der Waals surface area contributed by atoms with Gasteiger partial charge in [-0.3, -0.25) is 9.69 Å². The van der Waals surface area contributed by atoms with Crippen molar-refractivity contribution in [3.8, 4) is 6.07 Å². The van der Waals surface area contributed by atoms with E-state index in [4.69, 9.17) is 5.26 Å². The second kappa shape index (κ2) is 7.29. The number of likely N-dealkylation sites (N-methyl/N-ethyl adjacent to an activating group) is 1. The van der Waals surface area contributed by atoms with Crippen molar-refractivity contribution in [2.75, 3.05) is 13.1 Å². The van der Waals surface area contributed by atoms with Gasteiger partial charge in [0, 0.05) is 6.04 Å². The molecule has 96 valence electrons. The Bertz CT molecular complexity index is 279. The van der Waals surface area contributed by atoms with Crippen molar-refractivity contribution in [3.63, 3.8) is 0 Å². The van der Waals surface area contributed by atoms with Crippen LogP contribution < -0.4 is 5.32 Å². The molecule has 1 rings (SSSR count). The molecule has 1 aliphatic carbocycles. The highest BCUT2D eigenvalue weighted by Crippen LogP contribution is 2.17. The van der Waals surface area contributed by atoms with Crippen molar-refractivity contribution in [1.82, 2.24) is 10.2 Å². The van der Waals surface area contributed by atoms with Crippen molar-refractivity contribution in [1.29, 1.82) is 5.26 Å². The lowest BCUT2D eigenvalue weighted by Gasteiger charge is -2.28. The molecule has 0 saturated heterocycles. The minimum absolute atomic E-state index is 0.0639. The van der Waals surface area contributed by atoms with Crippen LogP contribution in [0.5, 0.6) is 0 Å². The number of rotatable bonds is 5. The Hall–Kier alpha value is -1.08. The Morgan fingerprint density at radius 2 is 2.12 bits per heavy atom. The van der Waals surface area contributed by atoms with Crippen LogP contribution in [0.2, 0.25) is 0 Å². The van der Waals surface area contributed by atoms with Crippen molar-refractivity contribution >= 4 is 5.91 Å². The van der Waals surface area contributed by atoms with Gasteiger partial charge in [-0.1, -0.05) is 26.2 Å². The van der Waals surface area contributed by atoms with Crippen molar-refractivity contribution in [2.24, 2.45) is 0 Å². The Morgan fingerprint density at radius 1 is 1.47 bits per heavy atom. The lowest BCUT2D eigenvalue weighted by atomic mass is 9.95. The van der Waals surface area contributed by atoms with Gasteiger partial charge >= 0.3 is 0 Å². The van der Waals surface area contributed by atoms with Gasteiger partial charge in [-0.05, 0) is 26.3 Å². The van der Waals surface area contributed by atoms with Gasteiger partial charge in [0.25, 0.3) is 0 Å². The molecule has 0 radical (unpaired) electrons. The van der Waals surface area contributed by atoms with Crippen LogP contribution in [0.4, 0.5) is 0 Å². The van der Waals surface area contributed by atoms with Gasteiger partial charge in [0.05, 0.1) is 18.7 Å². The van der Waals surface area contributed by atoms with Gasteiger partial charge in [-0.15, -0.1) is 0 Å². The van der Waals surface area contributed by atoms with Crippen LogP contribution in [-0.2, 0) is 4.79 Å². The second-order valence-electron chi connectivity index (χ2n) is 4.74. The SMILES string of the molecule is CCN(CC#N)C(C)C(=O)NC1CCCCC1. The van der Waals surface area contributed by atoms with E-state index in [1.165, 1.54) is 19.3 Å². The predicted octanol–water partition coefficient (Wildman–Crippen LogP) is 1.67. The number of amides is 1. The average Bonchev–Trinajstić information content (AvgIpc) is 2.36. The Labute approximate surface area is 104 Å². The molecular weight excluding hydrogens is 214 g/mol. The van der Waals surface area contributed by atoms with Gasteiger partial charge in [-0.2, -0.15) is 5.26 Å². The summed E-state index contributed by atoms with van der Waals surface area (Å²) >= 11 is 0. The van der Waals surface area contributed by atoms with Crippen LogP contribution in [0.15, 0.2) is 0 Å². The fourth-order valence-corrected chi connectivity index (χ4v) is 2.35. The molecule has 1 fully saturated rings. The largest absolute Gasteiger partial charge is 0.352 e. The number of hydrogen-bond donors (Lipinski definition) is 1. The summed E-state index contributed by atoms with van der Waals surface area (Å²) in [6.45, 7) is 4.89. The van der Waals surface area contributed by atoms with Gasteiger partial charge in [0.1, 0.15) is 0 Å². The number of hydrogen-bond acceptors (Lipinski definition) is 3. The third-order valence-corrected chi connectivity index (χ3v) is 3.56. The lowest BCUT2D eigenvalue weighted by Crippen LogP contribution is -2.48. The summed E-state index contributed by atoms with van der Waals surface area (Å²) in [6, 6.07) is 2.24. The minimum atomic E-state index is -0.207. The molecule has 0 aliphatic heterocycles. The third kappa shape index (κ3) is 4.35. The smallest absolute Gasteiger partial charge is 0.237 e. The first-order valence-corrected chi connectivity index (χ1v) is 6.60. The highest BCUT2D eigenvalue weighted by molar-refractivity contribution is 5.81. The van der Waals surface area contributed by atoms with Crippen LogP contribution in [0, 0.1) is 11.3 Å². The van der Waals surface area contributed by atoms with Gasteiger partial charge in [0.2, 0.25) is 5.91 Å². The maximum absolute atomic E-state index is 12.0. The molecule has 1 unspecified atom stereocenters. The number of nitrogens with one attached hydrogen (secondary N) is 1. The zero-order chi connectivity index (χ0) is 12.7. The van der Waals surface area contributed by atoms with E-state index in [1.807, 2.05) is 18.7 Å². The van der Waals surface area contributed by atoms with Crippen LogP contribution >= 0.6 is 0 Å². The Balaban J connectivity index is 2.42. The first-order valence-electron chi connectivity index (χ1n) is 6.60. The molecule has 1 N–H and O–H groups in total. The maximum atomic E-state index is 12.0. The molecule has 0 aromatic carbocycles. The molecule has 0 aromatic heterocycles. The summed E-state index contributed by atoms with van der Waals surface area (Å²) in [7, 11) is 0. The van der Waals surface area contributed by atoms with Crippen LogP contribution in [0.1, 0.15) is 46.0 Å². The number of carbonyl (C=O) groups is 1. The highest BCUT2D eigenvalue weighted by Gasteiger charge is 2.23. The fourth-order valence-electron chi connectivity index (χ4n) is 2.35. The molecule has 0 heterocycles. The molecule has 0 spiro atoms. The van der Waals surface area contributed by atoms with Gasteiger partial charge in [-0.25, -0.2) is 0 Å². The van der Waals surface area contributed by atoms with E-state index in [0.717, 1.165) is 19.4 Å². The highest BCUT2D eigenvalue weighted by atomic mass is 16.2. The van der Waals surface area contributed by atoms with E-state index in [0.29, 0.717) is 12.6 Å². The van der Waals surface area contributed by atoms with Crippen molar-refractivity contribution in [2.45, 2.75) is 58.0 Å². The second-order valence-corrected chi connectivity index (χ2v) is 4.74. The summed E-state index contributed by atoms with van der Waals surface area (Å²) < 4.78 is 0. The van der Waals surface area contributed by atoms with Gasteiger partial charge in [0.15, 0.2) is 0 Å². The number of nitriles is 1. The van der Waals surface area contributed by atoms with E-state index in [-0.39, 0.29) is 11.9 Å². The molecule has 4 nitrogen and oxygen atoms in total. The average molecular weight is 237 g/mol. The van der Waals surface area contributed by atoms with Crippen LogP contribution in [0.3, 0.4) is 0 Å². The lowest BCUT2D eigenvalue weighted by molar-refractivity contribution is -0.126. The molecule has 0 aromatic rings. The van der Waals surface area contributed by atoms with Crippen LogP contribution in [-0.4, -0.2) is 36.0 Å². The van der Waals surface area contributed by atoms with E-state index < -0.39 is 0 Å². The van der Waals surface area contributed by atoms with Crippen molar-refractivity contribution in [3.05, 3.63) is 0 Å². The minimum Gasteiger partial charge on any atom is -0.352 e. The maximum Gasteiger partial charge on any atom is 0.237 e. The molecule has 1 atom stereocenters. The molecular formula is C13H23N3O. The standard InChI is InChI=1S/C13H23N3O/c1-3-16(10-9-14)11(2)13(17)15-12-7-5-4-6-8-12/h11-12H,3-8,10H2,1-2H3,(H,15,17). The van der Waals surface area contributed by atoms with E-state index in [1.54, 1.807) is 0 Å². The first kappa shape index (κ1) is 14.0. The molecule has 1 amide bonds. The number of carbonyl (C=O) groups excluding carboxylic acids is 1. The third-order valence-electron chi connectivity index (χ3n) is 3.56. The molecule has 0 bridgehead atoms. The van der Waals surface area contributed by atoms with Crippen molar-refractivity contribution < 1.29 is 4.79 Å². The Kier molecular flexibility index (Phi) is 5.99. The first-order chi connectivity index (χ1) is 8.19. The number of nitrogens with zero attached hydrogens (tertiary/aromatic N) is 2. The molecule has 17 heavy (non-hydrogen) atoms. The summed E-state index contributed by atoms with van der Waals surface area (Å²) in [4.78, 5) is 13.9. The fraction of sp³-hybridized carbons (Fsp3) is 0.846. The molecule has 1 aliphatic rings. The monoisotopic (exact) mass is 237 g/mol. The van der Waals surface area contributed by atoms with Gasteiger partial charge < -0.3 is 5.32 Å². The Morgan fingerprint density at radius 3 is 2.65 bits per heavy atom. The predicted molar refractivity (Wildman–Crippen MR) is 67.3 cm³/mol. The van der Waals surface area contributed by atoms with E-state index in [9.17, 15) is 4.79 Å². The summed E-state index contributed by atoms with van der Waals surface area (Å²) in [5, 5.41) is 11.8. The molecule has 4 heteroatoms.